The molecule has 1 aromatic carbocycles. The summed E-state index contributed by atoms with van der Waals surface area (Å²) in [5, 5.41) is 15.0. The molecule has 0 spiro atoms. The molecule has 12 heteroatoms. The fourth-order valence-corrected chi connectivity index (χ4v) is 4.14. The van der Waals surface area contributed by atoms with Gasteiger partial charge in [-0.1, -0.05) is 29.9 Å². The Morgan fingerprint density at radius 2 is 2.04 bits per heavy atom. The monoisotopic (exact) mass is 406 g/mol. The number of aromatic nitrogens is 2. The molecule has 0 atom stereocenters. The number of hydrogen-bond donors (Lipinski definition) is 0. The number of nitro groups is 1. The zero-order valence-electron chi connectivity index (χ0n) is 13.4. The van der Waals surface area contributed by atoms with Crippen LogP contribution in [0.15, 0.2) is 23.1 Å². The van der Waals surface area contributed by atoms with Crippen LogP contribution in [0.3, 0.4) is 0 Å². The first-order chi connectivity index (χ1) is 11.8. The number of benzene rings is 1. The average Bonchev–Trinajstić information content (AvgIpc) is 2.98. The third kappa shape index (κ3) is 4.24. The lowest BCUT2D eigenvalue weighted by Gasteiger charge is -2.18. The number of rotatable bonds is 8. The van der Waals surface area contributed by atoms with Crippen molar-refractivity contribution < 1.29 is 18.1 Å². The second-order valence-corrected chi connectivity index (χ2v) is 8.05. The molecule has 1 heterocycles. The Morgan fingerprint density at radius 3 is 2.56 bits per heavy atom. The van der Waals surface area contributed by atoms with Crippen LogP contribution in [0.5, 0.6) is 5.75 Å². The zero-order valence-corrected chi connectivity index (χ0v) is 15.8. The van der Waals surface area contributed by atoms with Crippen molar-refractivity contribution >= 4 is 38.8 Å². The maximum Gasteiger partial charge on any atom is 0.312 e. The van der Waals surface area contributed by atoms with Gasteiger partial charge in [0, 0.05) is 30.7 Å². The van der Waals surface area contributed by atoms with E-state index in [2.05, 4.69) is 9.59 Å². The molecule has 0 saturated heterocycles. The van der Waals surface area contributed by atoms with Crippen molar-refractivity contribution in [2.45, 2.75) is 25.3 Å². The number of halogens is 1. The second-order valence-electron chi connectivity index (χ2n) is 4.76. The number of nitro benzene ring substituents is 1. The van der Waals surface area contributed by atoms with Crippen LogP contribution in [0.2, 0.25) is 4.34 Å². The Kier molecular flexibility index (Phi) is 6.27. The van der Waals surface area contributed by atoms with Crippen molar-refractivity contribution in [2.75, 3.05) is 13.1 Å². The first-order valence-electron chi connectivity index (χ1n) is 7.19. The van der Waals surface area contributed by atoms with Gasteiger partial charge in [-0.05, 0) is 12.1 Å². The summed E-state index contributed by atoms with van der Waals surface area (Å²) in [6.07, 6.45) is 0. The Morgan fingerprint density at radius 1 is 1.36 bits per heavy atom. The van der Waals surface area contributed by atoms with Gasteiger partial charge in [0.05, 0.1) is 9.82 Å². The fraction of sp³-hybridized carbons (Fsp3) is 0.385. The molecule has 9 nitrogen and oxygen atoms in total. The van der Waals surface area contributed by atoms with Gasteiger partial charge in [-0.3, -0.25) is 10.1 Å². The van der Waals surface area contributed by atoms with Crippen LogP contribution in [0.1, 0.15) is 19.5 Å². The maximum atomic E-state index is 12.5. The summed E-state index contributed by atoms with van der Waals surface area (Å²) in [4.78, 5) is 10.4. The van der Waals surface area contributed by atoms with Crippen molar-refractivity contribution in [2.24, 2.45) is 0 Å². The molecule has 0 saturated carbocycles. The van der Waals surface area contributed by atoms with Crippen LogP contribution in [-0.4, -0.2) is 40.3 Å². The Balaban J connectivity index is 2.35. The largest absolute Gasteiger partial charge is 0.480 e. The Labute approximate surface area is 153 Å². The highest BCUT2D eigenvalue weighted by molar-refractivity contribution is 7.89. The van der Waals surface area contributed by atoms with E-state index < -0.39 is 20.6 Å². The second kappa shape index (κ2) is 8.04. The molecular weight excluding hydrogens is 392 g/mol. The standard InChI is InChI=1S/C13H15ClN4O5S2/c1-3-17(4-2)25(21,22)9-5-6-12(11(7-9)18(19)20)23-8-10-13(14)24-16-15-10/h5-7H,3-4,8H2,1-2H3. The van der Waals surface area contributed by atoms with E-state index in [-0.39, 0.29) is 30.3 Å². The predicted octanol–water partition coefficient (Wildman–Crippen LogP) is 2.71. The number of sulfonamides is 1. The summed E-state index contributed by atoms with van der Waals surface area (Å²) in [7, 11) is -3.81. The minimum absolute atomic E-state index is 0.0763. The molecule has 0 unspecified atom stereocenters. The molecule has 0 bridgehead atoms. The van der Waals surface area contributed by atoms with Gasteiger partial charge in [0.25, 0.3) is 0 Å². The smallest absolute Gasteiger partial charge is 0.312 e. The lowest BCUT2D eigenvalue weighted by molar-refractivity contribution is -0.386. The number of ether oxygens (including phenoxy) is 1. The minimum atomic E-state index is -3.81. The lowest BCUT2D eigenvalue weighted by Crippen LogP contribution is -2.30. The lowest BCUT2D eigenvalue weighted by atomic mass is 10.3. The third-order valence-corrected chi connectivity index (χ3v) is 6.37. The SMILES string of the molecule is CCN(CC)S(=O)(=O)c1ccc(OCc2nnsc2Cl)c([N+](=O)[O-])c1. The van der Waals surface area contributed by atoms with E-state index in [4.69, 9.17) is 16.3 Å². The molecule has 0 aliphatic heterocycles. The molecule has 0 N–H and O–H groups in total. The highest BCUT2D eigenvalue weighted by Crippen LogP contribution is 2.32. The van der Waals surface area contributed by atoms with E-state index in [0.29, 0.717) is 10.0 Å². The van der Waals surface area contributed by atoms with Crippen LogP contribution in [0.25, 0.3) is 0 Å². The van der Waals surface area contributed by atoms with Crippen molar-refractivity contribution in [3.8, 4) is 5.75 Å². The van der Waals surface area contributed by atoms with Crippen LogP contribution in [0.4, 0.5) is 5.69 Å². The average molecular weight is 407 g/mol. The van der Waals surface area contributed by atoms with E-state index in [0.717, 1.165) is 17.6 Å². The van der Waals surface area contributed by atoms with E-state index in [1.807, 2.05) is 0 Å². The van der Waals surface area contributed by atoms with Gasteiger partial charge in [-0.25, -0.2) is 8.42 Å². The molecular formula is C13H15ClN4O5S2. The van der Waals surface area contributed by atoms with Gasteiger partial charge >= 0.3 is 5.69 Å². The van der Waals surface area contributed by atoms with Gasteiger partial charge in [-0.15, -0.1) is 5.10 Å². The van der Waals surface area contributed by atoms with Crippen molar-refractivity contribution in [3.05, 3.63) is 38.3 Å². The normalized spacial score (nSPS) is 11.7. The number of hydrogen-bond acceptors (Lipinski definition) is 8. The van der Waals surface area contributed by atoms with Crippen molar-refractivity contribution in [1.29, 1.82) is 0 Å². The van der Waals surface area contributed by atoms with Gasteiger partial charge < -0.3 is 4.74 Å². The molecule has 1 aromatic heterocycles. The fourth-order valence-electron chi connectivity index (χ4n) is 2.06. The van der Waals surface area contributed by atoms with Crippen LogP contribution in [0, 0.1) is 10.1 Å². The molecule has 25 heavy (non-hydrogen) atoms. The van der Waals surface area contributed by atoms with Gasteiger partial charge in [-0.2, -0.15) is 4.31 Å². The van der Waals surface area contributed by atoms with Crippen LogP contribution in [-0.2, 0) is 16.6 Å². The van der Waals surface area contributed by atoms with Crippen molar-refractivity contribution in [3.63, 3.8) is 0 Å². The van der Waals surface area contributed by atoms with Crippen LogP contribution < -0.4 is 4.74 Å². The summed E-state index contributed by atoms with van der Waals surface area (Å²) in [5.74, 6) is -0.0763. The van der Waals surface area contributed by atoms with Gasteiger partial charge in [0.2, 0.25) is 10.0 Å². The van der Waals surface area contributed by atoms with E-state index in [1.54, 1.807) is 13.8 Å². The summed E-state index contributed by atoms with van der Waals surface area (Å²) in [6, 6.07) is 3.52. The highest BCUT2D eigenvalue weighted by atomic mass is 35.5. The molecule has 2 aromatic rings. The quantitative estimate of drug-likeness (QED) is 0.488. The van der Waals surface area contributed by atoms with E-state index in [1.165, 1.54) is 16.4 Å². The summed E-state index contributed by atoms with van der Waals surface area (Å²) < 4.78 is 35.5. The van der Waals surface area contributed by atoms with Gasteiger partial charge in [0.15, 0.2) is 5.75 Å². The Bertz CT molecular complexity index is 867. The third-order valence-electron chi connectivity index (χ3n) is 3.34. The van der Waals surface area contributed by atoms with E-state index in [9.17, 15) is 18.5 Å². The summed E-state index contributed by atoms with van der Waals surface area (Å²) >= 11 is 6.82. The number of nitrogens with zero attached hydrogens (tertiary/aromatic N) is 4. The molecule has 0 fully saturated rings. The predicted molar refractivity (Wildman–Crippen MR) is 92.5 cm³/mol. The summed E-state index contributed by atoms with van der Waals surface area (Å²) in [5.41, 5.74) is -0.103. The molecule has 0 amide bonds. The van der Waals surface area contributed by atoms with E-state index >= 15 is 0 Å². The molecule has 0 aliphatic rings. The first kappa shape index (κ1) is 19.5. The zero-order chi connectivity index (χ0) is 18.6. The minimum Gasteiger partial charge on any atom is -0.480 e. The Hall–Kier alpha value is -1.82. The van der Waals surface area contributed by atoms with Crippen LogP contribution >= 0.6 is 23.1 Å². The molecule has 136 valence electrons. The molecule has 0 radical (unpaired) electrons. The maximum absolute atomic E-state index is 12.5. The molecule has 2 rings (SSSR count). The van der Waals surface area contributed by atoms with Crippen molar-refractivity contribution in [1.82, 2.24) is 13.9 Å². The highest BCUT2D eigenvalue weighted by Gasteiger charge is 2.26. The summed E-state index contributed by atoms with van der Waals surface area (Å²) in [6.45, 7) is 3.80. The van der Waals surface area contributed by atoms with Gasteiger partial charge in [0.1, 0.15) is 16.6 Å². The topological polar surface area (TPSA) is 116 Å². The molecule has 0 aliphatic carbocycles. The first-order valence-corrected chi connectivity index (χ1v) is 9.78.